The largest absolute Gasteiger partial charge is 0.392 e. The van der Waals surface area contributed by atoms with Crippen LogP contribution in [0.3, 0.4) is 0 Å². The molecule has 0 aromatic rings. The van der Waals surface area contributed by atoms with E-state index in [0.717, 1.165) is 32.1 Å². The minimum Gasteiger partial charge on any atom is -0.392 e. The van der Waals surface area contributed by atoms with E-state index in [9.17, 15) is 4.79 Å². The van der Waals surface area contributed by atoms with E-state index in [1.54, 1.807) is 0 Å². The highest BCUT2D eigenvalue weighted by Gasteiger charge is 2.39. The number of carbonyl (C=O) groups excluding carboxylic acids is 1. The summed E-state index contributed by atoms with van der Waals surface area (Å²) in [4.78, 5) is 12.7. The number of nitrogens with two attached hydrogens (primary N) is 1. The molecule has 4 heteroatoms. The minimum absolute atomic E-state index is 0.0133. The maximum absolute atomic E-state index is 12.4. The van der Waals surface area contributed by atoms with Crippen LogP contribution in [0.1, 0.15) is 59.8 Å². The van der Waals surface area contributed by atoms with Gasteiger partial charge in [-0.2, -0.15) is 0 Å². The lowest BCUT2D eigenvalue weighted by atomic mass is 9.78. The van der Waals surface area contributed by atoms with Crippen molar-refractivity contribution in [2.24, 2.45) is 17.1 Å². The Balaban J connectivity index is 4.72. The van der Waals surface area contributed by atoms with Crippen LogP contribution in [0.25, 0.3) is 0 Å². The van der Waals surface area contributed by atoms with Gasteiger partial charge in [0.15, 0.2) is 0 Å². The van der Waals surface area contributed by atoms with Crippen LogP contribution in [0.4, 0.5) is 0 Å². The lowest BCUT2D eigenvalue weighted by Crippen LogP contribution is -2.49. The molecule has 0 spiro atoms. The Labute approximate surface area is 117 Å². The third kappa shape index (κ3) is 4.92. The van der Waals surface area contributed by atoms with Gasteiger partial charge in [0, 0.05) is 6.54 Å². The summed E-state index contributed by atoms with van der Waals surface area (Å²) in [6, 6.07) is 0. The topological polar surface area (TPSA) is 55.1 Å². The van der Waals surface area contributed by atoms with Crippen molar-refractivity contribution in [1.29, 1.82) is 0 Å². The zero-order chi connectivity index (χ0) is 14.2. The third-order valence-corrected chi connectivity index (χ3v) is 3.66. The molecule has 0 aromatic carbocycles. The molecule has 1 amide bonds. The van der Waals surface area contributed by atoms with Crippen molar-refractivity contribution < 1.29 is 4.79 Å². The van der Waals surface area contributed by atoms with Crippen molar-refractivity contribution in [3.05, 3.63) is 0 Å². The zero-order valence-corrected chi connectivity index (χ0v) is 13.0. The molecule has 0 bridgehead atoms. The molecule has 0 saturated heterocycles. The van der Waals surface area contributed by atoms with Gasteiger partial charge in [-0.1, -0.05) is 52.8 Å². The fourth-order valence-electron chi connectivity index (χ4n) is 2.21. The lowest BCUT2D eigenvalue weighted by Gasteiger charge is -2.31. The van der Waals surface area contributed by atoms with Crippen molar-refractivity contribution in [3.8, 4) is 0 Å². The van der Waals surface area contributed by atoms with E-state index in [2.05, 4.69) is 33.0 Å². The quantitative estimate of drug-likeness (QED) is 0.634. The molecule has 0 fully saturated rings. The van der Waals surface area contributed by atoms with Gasteiger partial charge in [0.1, 0.15) is 0 Å². The van der Waals surface area contributed by atoms with Gasteiger partial charge in [-0.25, -0.2) is 0 Å². The summed E-state index contributed by atoms with van der Waals surface area (Å²) < 4.78 is 0. The molecule has 0 heterocycles. The number of thiocarbonyl (C=S) groups is 1. The maximum Gasteiger partial charge on any atom is 0.233 e. The first-order chi connectivity index (χ1) is 8.40. The second-order valence-corrected chi connectivity index (χ2v) is 5.82. The van der Waals surface area contributed by atoms with Crippen LogP contribution < -0.4 is 11.1 Å². The SMILES string of the molecule is CCCC(CCC)(C(=O)NCCC(C)C)C(N)=S. The van der Waals surface area contributed by atoms with Crippen molar-refractivity contribution in [1.82, 2.24) is 5.32 Å². The predicted octanol–water partition coefficient (Wildman–Crippen LogP) is 3.02. The average molecular weight is 272 g/mol. The van der Waals surface area contributed by atoms with Crippen LogP contribution in [-0.4, -0.2) is 17.4 Å². The van der Waals surface area contributed by atoms with Crippen LogP contribution in [0.15, 0.2) is 0 Å². The van der Waals surface area contributed by atoms with Gasteiger partial charge < -0.3 is 11.1 Å². The molecule has 18 heavy (non-hydrogen) atoms. The van der Waals surface area contributed by atoms with Gasteiger partial charge in [-0.15, -0.1) is 0 Å². The van der Waals surface area contributed by atoms with E-state index in [1.165, 1.54) is 0 Å². The molecule has 106 valence electrons. The number of nitrogens with one attached hydrogen (secondary N) is 1. The molecular formula is C14H28N2OS. The number of hydrogen-bond donors (Lipinski definition) is 2. The van der Waals surface area contributed by atoms with E-state index in [0.29, 0.717) is 17.5 Å². The molecule has 0 aliphatic heterocycles. The fraction of sp³-hybridized carbons (Fsp3) is 0.857. The summed E-state index contributed by atoms with van der Waals surface area (Å²) in [5.41, 5.74) is 5.20. The minimum atomic E-state index is -0.643. The Kier molecular flexibility index (Phi) is 8.16. The molecule has 0 aromatic heterocycles. The van der Waals surface area contributed by atoms with E-state index in [4.69, 9.17) is 18.0 Å². The summed E-state index contributed by atoms with van der Waals surface area (Å²) >= 11 is 5.16. The second kappa shape index (κ2) is 8.46. The van der Waals surface area contributed by atoms with E-state index in [1.807, 2.05) is 0 Å². The average Bonchev–Trinajstić information content (AvgIpc) is 2.27. The van der Waals surface area contributed by atoms with Gasteiger partial charge in [-0.3, -0.25) is 4.79 Å². The third-order valence-electron chi connectivity index (χ3n) is 3.27. The Bertz CT molecular complexity index is 271. The number of rotatable bonds is 9. The van der Waals surface area contributed by atoms with E-state index < -0.39 is 5.41 Å². The standard InChI is InChI=1S/C14H28N2OS/c1-5-8-14(9-6-2,12(15)18)13(17)16-10-7-11(3)4/h11H,5-10H2,1-4H3,(H2,15,18)(H,16,17). The summed E-state index contributed by atoms with van der Waals surface area (Å²) in [5.74, 6) is 0.598. The molecule has 0 radical (unpaired) electrons. The summed E-state index contributed by atoms with van der Waals surface area (Å²) in [6.45, 7) is 9.11. The Morgan fingerprint density at radius 2 is 1.78 bits per heavy atom. The predicted molar refractivity (Wildman–Crippen MR) is 81.5 cm³/mol. The number of hydrogen-bond acceptors (Lipinski definition) is 2. The first kappa shape index (κ1) is 17.4. The zero-order valence-electron chi connectivity index (χ0n) is 12.2. The number of amides is 1. The summed E-state index contributed by atoms with van der Waals surface area (Å²) in [6.07, 6.45) is 4.29. The van der Waals surface area contributed by atoms with Gasteiger partial charge in [-0.05, 0) is 25.2 Å². The lowest BCUT2D eigenvalue weighted by molar-refractivity contribution is -0.128. The van der Waals surface area contributed by atoms with E-state index in [-0.39, 0.29) is 5.91 Å². The van der Waals surface area contributed by atoms with Crippen molar-refractivity contribution in [2.75, 3.05) is 6.54 Å². The summed E-state index contributed by atoms with van der Waals surface area (Å²) in [7, 11) is 0. The molecule has 0 unspecified atom stereocenters. The molecule has 0 aliphatic rings. The molecule has 3 nitrogen and oxygen atoms in total. The first-order valence-electron chi connectivity index (χ1n) is 6.98. The van der Waals surface area contributed by atoms with E-state index >= 15 is 0 Å². The summed E-state index contributed by atoms with van der Waals surface area (Å²) in [5, 5.41) is 3.00. The Hall–Kier alpha value is -0.640. The molecular weight excluding hydrogens is 244 g/mol. The second-order valence-electron chi connectivity index (χ2n) is 5.38. The van der Waals surface area contributed by atoms with Gasteiger partial charge in [0.25, 0.3) is 0 Å². The maximum atomic E-state index is 12.4. The van der Waals surface area contributed by atoms with Crippen LogP contribution in [0.2, 0.25) is 0 Å². The highest BCUT2D eigenvalue weighted by atomic mass is 32.1. The Morgan fingerprint density at radius 3 is 2.11 bits per heavy atom. The van der Waals surface area contributed by atoms with Crippen molar-refractivity contribution in [2.45, 2.75) is 59.8 Å². The van der Waals surface area contributed by atoms with Crippen LogP contribution in [0.5, 0.6) is 0 Å². The van der Waals surface area contributed by atoms with Crippen LogP contribution in [-0.2, 0) is 4.79 Å². The molecule has 0 saturated carbocycles. The highest BCUT2D eigenvalue weighted by molar-refractivity contribution is 7.80. The van der Waals surface area contributed by atoms with Crippen LogP contribution >= 0.6 is 12.2 Å². The number of carbonyl (C=O) groups is 1. The van der Waals surface area contributed by atoms with Gasteiger partial charge in [0.2, 0.25) is 5.91 Å². The normalized spacial score (nSPS) is 11.6. The molecule has 0 aliphatic carbocycles. The Morgan fingerprint density at radius 1 is 1.28 bits per heavy atom. The highest BCUT2D eigenvalue weighted by Crippen LogP contribution is 2.30. The van der Waals surface area contributed by atoms with Gasteiger partial charge >= 0.3 is 0 Å². The molecule has 0 rings (SSSR count). The van der Waals surface area contributed by atoms with Crippen LogP contribution in [0, 0.1) is 11.3 Å². The molecule has 0 atom stereocenters. The smallest absolute Gasteiger partial charge is 0.233 e. The van der Waals surface area contributed by atoms with Crippen molar-refractivity contribution in [3.63, 3.8) is 0 Å². The van der Waals surface area contributed by atoms with Gasteiger partial charge in [0.05, 0.1) is 10.4 Å². The van der Waals surface area contributed by atoms with Crippen molar-refractivity contribution >= 4 is 23.1 Å². The first-order valence-corrected chi connectivity index (χ1v) is 7.39. The fourth-order valence-corrected chi connectivity index (χ4v) is 2.50. The molecule has 3 N–H and O–H groups in total. The monoisotopic (exact) mass is 272 g/mol.